The van der Waals surface area contributed by atoms with E-state index in [1.165, 1.54) is 28.8 Å². The Balaban J connectivity index is 1.63. The van der Waals surface area contributed by atoms with Crippen LogP contribution in [0.4, 0.5) is 13.2 Å². The third-order valence-electron chi connectivity index (χ3n) is 6.59. The van der Waals surface area contributed by atoms with Gasteiger partial charge in [-0.3, -0.25) is 4.57 Å². The lowest BCUT2D eigenvalue weighted by Crippen LogP contribution is -2.38. The minimum absolute atomic E-state index is 0.332. The second-order valence-corrected chi connectivity index (χ2v) is 12.4. The van der Waals surface area contributed by atoms with Crippen LogP contribution in [0.2, 0.25) is 0 Å². The molecule has 0 unspecified atom stereocenters. The number of hydrogen-bond donors (Lipinski definition) is 0. The van der Waals surface area contributed by atoms with E-state index < -0.39 is 27.1 Å². The lowest BCUT2D eigenvalue weighted by Gasteiger charge is -2.30. The van der Waals surface area contributed by atoms with Gasteiger partial charge in [0, 0.05) is 29.9 Å². The van der Waals surface area contributed by atoms with Gasteiger partial charge in [0.25, 0.3) is 0 Å². The van der Waals surface area contributed by atoms with Crippen LogP contribution in [-0.2, 0) is 15.4 Å². The first-order chi connectivity index (χ1) is 16.5. The maximum atomic E-state index is 14.0. The highest BCUT2D eigenvalue weighted by Crippen LogP contribution is 2.37. The number of sulfonamides is 1. The second-order valence-electron chi connectivity index (χ2n) is 9.41. The van der Waals surface area contributed by atoms with Crippen LogP contribution in [0.5, 0.6) is 0 Å². The average Bonchev–Trinajstić information content (AvgIpc) is 3.24. The summed E-state index contributed by atoms with van der Waals surface area (Å²) in [6.45, 7) is 4.83. The Bertz CT molecular complexity index is 1300. The van der Waals surface area contributed by atoms with Crippen LogP contribution in [-0.4, -0.2) is 47.4 Å². The SMILES string of the molecule is CC(C)(c1ccc(F)c(F)c1)c1cnc(SCC2CCN(S(C)(=O)=O)CC2)n1-c1ccc(F)cc1. The molecule has 2 aromatic carbocycles. The predicted octanol–water partition coefficient (Wildman–Crippen LogP) is 5.38. The number of halogens is 3. The van der Waals surface area contributed by atoms with Crippen LogP contribution in [0.15, 0.2) is 53.8 Å². The molecule has 188 valence electrons. The largest absolute Gasteiger partial charge is 0.291 e. The molecule has 0 N–H and O–H groups in total. The van der Waals surface area contributed by atoms with Crippen LogP contribution in [0.1, 0.15) is 37.9 Å². The van der Waals surface area contributed by atoms with Crippen molar-refractivity contribution in [1.29, 1.82) is 0 Å². The van der Waals surface area contributed by atoms with E-state index in [2.05, 4.69) is 4.98 Å². The van der Waals surface area contributed by atoms with Gasteiger partial charge < -0.3 is 0 Å². The van der Waals surface area contributed by atoms with Gasteiger partial charge in [-0.25, -0.2) is 30.9 Å². The number of aromatic nitrogens is 2. The maximum absolute atomic E-state index is 14.0. The zero-order chi connectivity index (χ0) is 25.4. The van der Waals surface area contributed by atoms with Crippen molar-refractivity contribution in [2.75, 3.05) is 25.1 Å². The van der Waals surface area contributed by atoms with E-state index in [1.54, 1.807) is 36.2 Å². The Morgan fingerprint density at radius 2 is 1.69 bits per heavy atom. The number of nitrogens with zero attached hydrogens (tertiary/aromatic N) is 3. The standard InChI is InChI=1S/C25H28F3N3O2S2/c1-25(2,18-4-9-21(27)22(28)14-18)23-15-29-24(31(23)20-7-5-19(26)6-8-20)34-16-17-10-12-30(13-11-17)35(3,32)33/h4-9,14-15,17H,10-13,16H2,1-3H3. The van der Waals surface area contributed by atoms with Crippen LogP contribution in [0, 0.1) is 23.4 Å². The quantitative estimate of drug-likeness (QED) is 0.390. The van der Waals surface area contributed by atoms with Gasteiger partial charge in [-0.2, -0.15) is 0 Å². The van der Waals surface area contributed by atoms with Crippen molar-refractivity contribution in [3.63, 3.8) is 0 Å². The van der Waals surface area contributed by atoms with Gasteiger partial charge >= 0.3 is 0 Å². The van der Waals surface area contributed by atoms with Crippen LogP contribution < -0.4 is 0 Å². The molecule has 0 aliphatic carbocycles. The van der Waals surface area contributed by atoms with Gasteiger partial charge in [-0.1, -0.05) is 31.7 Å². The summed E-state index contributed by atoms with van der Waals surface area (Å²) in [5.74, 6) is -1.10. The molecule has 0 spiro atoms. The molecule has 4 rings (SSSR count). The number of hydrogen-bond acceptors (Lipinski definition) is 4. The molecule has 3 aromatic rings. The van der Waals surface area contributed by atoms with Crippen molar-refractivity contribution in [3.8, 4) is 5.69 Å². The number of benzene rings is 2. The normalized spacial score (nSPS) is 16.1. The Morgan fingerprint density at radius 1 is 1.03 bits per heavy atom. The lowest BCUT2D eigenvalue weighted by atomic mass is 9.81. The molecule has 1 saturated heterocycles. The van der Waals surface area contributed by atoms with Crippen molar-refractivity contribution in [2.24, 2.45) is 5.92 Å². The van der Waals surface area contributed by atoms with Gasteiger partial charge in [0.15, 0.2) is 16.8 Å². The summed E-state index contributed by atoms with van der Waals surface area (Å²) in [4.78, 5) is 4.64. The molecule has 1 aromatic heterocycles. The van der Waals surface area contributed by atoms with E-state index in [0.29, 0.717) is 35.4 Å². The van der Waals surface area contributed by atoms with Crippen molar-refractivity contribution in [2.45, 2.75) is 37.3 Å². The number of piperidine rings is 1. The summed E-state index contributed by atoms with van der Waals surface area (Å²) < 4.78 is 68.3. The third kappa shape index (κ3) is 5.59. The van der Waals surface area contributed by atoms with E-state index in [4.69, 9.17) is 0 Å². The molecule has 0 bridgehead atoms. The molecule has 35 heavy (non-hydrogen) atoms. The Kier molecular flexibility index (Phi) is 7.36. The topological polar surface area (TPSA) is 55.2 Å². The minimum Gasteiger partial charge on any atom is -0.291 e. The molecule has 1 fully saturated rings. The lowest BCUT2D eigenvalue weighted by molar-refractivity contribution is 0.292. The van der Waals surface area contributed by atoms with Crippen LogP contribution in [0.3, 0.4) is 0 Å². The first kappa shape index (κ1) is 25.8. The first-order valence-electron chi connectivity index (χ1n) is 11.3. The fourth-order valence-corrected chi connectivity index (χ4v) is 6.40. The molecule has 2 heterocycles. The molecule has 0 radical (unpaired) electrons. The predicted molar refractivity (Wildman–Crippen MR) is 132 cm³/mol. The van der Waals surface area contributed by atoms with Gasteiger partial charge in [0.1, 0.15) is 5.82 Å². The van der Waals surface area contributed by atoms with Crippen molar-refractivity contribution >= 4 is 21.8 Å². The minimum atomic E-state index is -3.18. The zero-order valence-corrected chi connectivity index (χ0v) is 21.5. The number of imidazole rings is 1. The average molecular weight is 524 g/mol. The fourth-order valence-electron chi connectivity index (χ4n) is 4.35. The maximum Gasteiger partial charge on any atom is 0.211 e. The van der Waals surface area contributed by atoms with E-state index in [-0.39, 0.29) is 5.82 Å². The fraction of sp³-hybridized carbons (Fsp3) is 0.400. The summed E-state index contributed by atoms with van der Waals surface area (Å²) >= 11 is 1.56. The van der Waals surface area contributed by atoms with Crippen molar-refractivity contribution in [3.05, 3.63) is 77.4 Å². The molecule has 0 atom stereocenters. The highest BCUT2D eigenvalue weighted by Gasteiger charge is 2.31. The molecule has 0 saturated carbocycles. The van der Waals surface area contributed by atoms with Crippen molar-refractivity contribution < 1.29 is 21.6 Å². The Labute approximate surface area is 208 Å². The van der Waals surface area contributed by atoms with E-state index in [0.717, 1.165) is 30.4 Å². The number of rotatable bonds is 7. The molecular weight excluding hydrogens is 495 g/mol. The van der Waals surface area contributed by atoms with Gasteiger partial charge in [0.05, 0.1) is 18.1 Å². The zero-order valence-electron chi connectivity index (χ0n) is 19.8. The summed E-state index contributed by atoms with van der Waals surface area (Å²) in [7, 11) is -3.18. The highest BCUT2D eigenvalue weighted by atomic mass is 32.2. The molecule has 10 heteroatoms. The molecule has 0 amide bonds. The first-order valence-corrected chi connectivity index (χ1v) is 14.2. The molecule has 5 nitrogen and oxygen atoms in total. The molecule has 1 aliphatic heterocycles. The van der Waals surface area contributed by atoms with E-state index in [9.17, 15) is 21.6 Å². The molecule has 1 aliphatic rings. The smallest absolute Gasteiger partial charge is 0.211 e. The van der Waals surface area contributed by atoms with Crippen molar-refractivity contribution in [1.82, 2.24) is 13.9 Å². The summed E-state index contributed by atoms with van der Waals surface area (Å²) in [5.41, 5.74) is 1.33. The van der Waals surface area contributed by atoms with E-state index >= 15 is 0 Å². The van der Waals surface area contributed by atoms with Gasteiger partial charge in [0.2, 0.25) is 10.0 Å². The highest BCUT2D eigenvalue weighted by molar-refractivity contribution is 7.99. The van der Waals surface area contributed by atoms with Crippen LogP contribution >= 0.6 is 11.8 Å². The Hall–Kier alpha value is -2.30. The third-order valence-corrected chi connectivity index (χ3v) is 9.07. The van der Waals surface area contributed by atoms with Gasteiger partial charge in [-0.05, 0) is 60.7 Å². The van der Waals surface area contributed by atoms with Gasteiger partial charge in [-0.15, -0.1) is 0 Å². The number of thioether (sulfide) groups is 1. The Morgan fingerprint density at radius 3 is 2.29 bits per heavy atom. The summed E-state index contributed by atoms with van der Waals surface area (Å²) in [6.07, 6.45) is 4.49. The second kappa shape index (κ2) is 9.99. The summed E-state index contributed by atoms with van der Waals surface area (Å²) in [6, 6.07) is 9.94. The van der Waals surface area contributed by atoms with E-state index in [1.807, 2.05) is 18.4 Å². The summed E-state index contributed by atoms with van der Waals surface area (Å²) in [5, 5.41) is 0.702. The van der Waals surface area contributed by atoms with Crippen LogP contribution in [0.25, 0.3) is 5.69 Å². The molecular formula is C25H28F3N3O2S2. The monoisotopic (exact) mass is 523 g/mol.